The lowest BCUT2D eigenvalue weighted by atomic mass is 10.0. The minimum atomic E-state index is -0.658. The number of Topliss-reactive ketones (excluding diaryl/α,β-unsaturated/α-hetero) is 2. The quantitative estimate of drug-likeness (QED) is 0.477. The number of hydrogen-bond acceptors (Lipinski definition) is 8. The number of ketones is 2. The van der Waals surface area contributed by atoms with Crippen molar-refractivity contribution in [2.75, 3.05) is 37.4 Å². The lowest BCUT2D eigenvalue weighted by Crippen LogP contribution is -2.43. The molecular formula is C24H29N5O4. The topological polar surface area (TPSA) is 119 Å². The summed E-state index contributed by atoms with van der Waals surface area (Å²) < 4.78 is 5.06. The number of carbonyl (C=O) groups excluding carboxylic acids is 3. The number of carbonyl (C=O) groups is 3. The third-order valence-corrected chi connectivity index (χ3v) is 6.12. The summed E-state index contributed by atoms with van der Waals surface area (Å²) >= 11 is 0. The molecule has 0 spiro atoms. The van der Waals surface area contributed by atoms with Crippen molar-refractivity contribution in [2.45, 2.75) is 39.3 Å². The second-order valence-corrected chi connectivity index (χ2v) is 8.75. The van der Waals surface area contributed by atoms with Crippen LogP contribution in [0.25, 0.3) is 0 Å². The van der Waals surface area contributed by atoms with Gasteiger partial charge in [0.15, 0.2) is 5.82 Å². The van der Waals surface area contributed by atoms with Crippen LogP contribution in [0.2, 0.25) is 0 Å². The van der Waals surface area contributed by atoms with E-state index in [9.17, 15) is 14.4 Å². The van der Waals surface area contributed by atoms with E-state index >= 15 is 0 Å². The van der Waals surface area contributed by atoms with Gasteiger partial charge in [-0.05, 0) is 37.1 Å². The number of aromatic nitrogens is 2. The van der Waals surface area contributed by atoms with Crippen LogP contribution in [-0.4, -0.2) is 59.1 Å². The van der Waals surface area contributed by atoms with Crippen molar-refractivity contribution < 1.29 is 19.1 Å². The standard InChI is InChI=1S/C24H29N5O4/c1-15(14-33-2)20(31)22-26-21(25)18-11-19(30)24(32)29(23(18)27-22)13-17-7-5-6-16(10-17)12-28-8-3-4-9-28/h5-7,10,15H,3-4,8-9,11-14H2,1-2H3,(H2,25,26,27)/t15-/m0/s1. The smallest absolute Gasteiger partial charge is 0.296 e. The second-order valence-electron chi connectivity index (χ2n) is 8.75. The average molecular weight is 452 g/mol. The van der Waals surface area contributed by atoms with E-state index in [0.717, 1.165) is 30.8 Å². The lowest BCUT2D eigenvalue weighted by Gasteiger charge is -2.28. The Morgan fingerprint density at radius 1 is 1.15 bits per heavy atom. The largest absolute Gasteiger partial charge is 0.384 e. The number of rotatable bonds is 8. The van der Waals surface area contributed by atoms with E-state index in [2.05, 4.69) is 20.9 Å². The van der Waals surface area contributed by atoms with E-state index in [-0.39, 0.29) is 42.8 Å². The number of nitrogens with zero attached hydrogens (tertiary/aromatic N) is 4. The van der Waals surface area contributed by atoms with Crippen molar-refractivity contribution >= 4 is 29.1 Å². The first-order chi connectivity index (χ1) is 15.9. The summed E-state index contributed by atoms with van der Waals surface area (Å²) in [6.07, 6.45) is 2.26. The summed E-state index contributed by atoms with van der Waals surface area (Å²) in [6.45, 7) is 5.11. The SMILES string of the molecule is COC[C@H](C)C(=O)c1nc(N)c2c(n1)N(Cc1cccc(CN3CCCC3)c1)C(=O)C(=O)C2. The van der Waals surface area contributed by atoms with Crippen molar-refractivity contribution in [2.24, 2.45) is 5.92 Å². The van der Waals surface area contributed by atoms with Crippen molar-refractivity contribution in [3.05, 3.63) is 46.8 Å². The van der Waals surface area contributed by atoms with E-state index in [0.29, 0.717) is 5.56 Å². The Kier molecular flexibility index (Phi) is 6.80. The zero-order valence-corrected chi connectivity index (χ0v) is 19.0. The molecule has 2 N–H and O–H groups in total. The first-order valence-corrected chi connectivity index (χ1v) is 11.2. The van der Waals surface area contributed by atoms with E-state index in [1.165, 1.54) is 24.9 Å². The third-order valence-electron chi connectivity index (χ3n) is 6.12. The van der Waals surface area contributed by atoms with Gasteiger partial charge in [0.2, 0.25) is 11.6 Å². The molecule has 33 heavy (non-hydrogen) atoms. The van der Waals surface area contributed by atoms with Crippen LogP contribution < -0.4 is 10.6 Å². The Hall–Kier alpha value is -3.17. The second kappa shape index (κ2) is 9.76. The number of amides is 1. The van der Waals surface area contributed by atoms with Gasteiger partial charge in [0.05, 0.1) is 13.2 Å². The van der Waals surface area contributed by atoms with Crippen LogP contribution in [0, 0.1) is 5.92 Å². The van der Waals surface area contributed by atoms with Crippen LogP contribution in [0.4, 0.5) is 11.6 Å². The summed E-state index contributed by atoms with van der Waals surface area (Å²) in [4.78, 5) is 50.3. The van der Waals surface area contributed by atoms with Crippen LogP contribution in [0.3, 0.4) is 0 Å². The predicted octanol–water partition coefficient (Wildman–Crippen LogP) is 1.78. The first kappa shape index (κ1) is 23.0. The zero-order valence-electron chi connectivity index (χ0n) is 19.0. The molecule has 2 aliphatic rings. The lowest BCUT2D eigenvalue weighted by molar-refractivity contribution is -0.136. The molecule has 0 saturated carbocycles. The van der Waals surface area contributed by atoms with Gasteiger partial charge in [-0.2, -0.15) is 0 Å². The highest BCUT2D eigenvalue weighted by Gasteiger charge is 2.35. The number of fused-ring (bicyclic) bond motifs is 1. The molecule has 2 aromatic rings. The van der Waals surface area contributed by atoms with Crippen LogP contribution in [-0.2, 0) is 33.8 Å². The molecule has 2 aliphatic heterocycles. The molecule has 1 aromatic carbocycles. The number of anilines is 2. The van der Waals surface area contributed by atoms with Gasteiger partial charge in [-0.25, -0.2) is 9.97 Å². The van der Waals surface area contributed by atoms with Gasteiger partial charge in [-0.3, -0.25) is 24.2 Å². The molecule has 4 rings (SSSR count). The number of ether oxygens (including phenoxy) is 1. The Balaban J connectivity index is 1.64. The highest BCUT2D eigenvalue weighted by atomic mass is 16.5. The molecule has 1 atom stereocenters. The number of likely N-dealkylation sites (tertiary alicyclic amines) is 1. The molecule has 3 heterocycles. The number of hydrogen-bond donors (Lipinski definition) is 1. The fraction of sp³-hybridized carbons (Fsp3) is 0.458. The Labute approximate surface area is 192 Å². The molecule has 1 fully saturated rings. The highest BCUT2D eigenvalue weighted by molar-refractivity contribution is 6.43. The molecule has 1 amide bonds. The number of nitrogens with two attached hydrogens (primary N) is 1. The maximum absolute atomic E-state index is 12.8. The maximum Gasteiger partial charge on any atom is 0.296 e. The average Bonchev–Trinajstić information content (AvgIpc) is 3.30. The summed E-state index contributed by atoms with van der Waals surface area (Å²) in [5.74, 6) is -1.84. The van der Waals surface area contributed by atoms with Crippen LogP contribution in [0.15, 0.2) is 24.3 Å². The van der Waals surface area contributed by atoms with Crippen molar-refractivity contribution in [1.29, 1.82) is 0 Å². The fourth-order valence-electron chi connectivity index (χ4n) is 4.38. The van der Waals surface area contributed by atoms with E-state index < -0.39 is 17.6 Å². The zero-order chi connectivity index (χ0) is 23.5. The van der Waals surface area contributed by atoms with Gasteiger partial charge in [-0.1, -0.05) is 31.2 Å². The van der Waals surface area contributed by atoms with Gasteiger partial charge >= 0.3 is 0 Å². The molecule has 0 radical (unpaired) electrons. The summed E-state index contributed by atoms with van der Waals surface area (Å²) in [5.41, 5.74) is 8.50. The molecule has 0 aliphatic carbocycles. The minimum Gasteiger partial charge on any atom is -0.384 e. The van der Waals surface area contributed by atoms with Crippen molar-refractivity contribution in [3.8, 4) is 0 Å². The van der Waals surface area contributed by atoms with Crippen molar-refractivity contribution in [3.63, 3.8) is 0 Å². The van der Waals surface area contributed by atoms with Crippen LogP contribution in [0.5, 0.6) is 0 Å². The van der Waals surface area contributed by atoms with E-state index in [4.69, 9.17) is 10.5 Å². The molecule has 174 valence electrons. The van der Waals surface area contributed by atoms with Gasteiger partial charge in [0, 0.05) is 31.6 Å². The van der Waals surface area contributed by atoms with Gasteiger partial charge in [0.1, 0.15) is 11.6 Å². The molecule has 1 aromatic heterocycles. The molecular weight excluding hydrogens is 422 g/mol. The predicted molar refractivity (Wildman–Crippen MR) is 123 cm³/mol. The number of methoxy groups -OCH3 is 1. The molecule has 1 saturated heterocycles. The minimum absolute atomic E-state index is 0.0431. The normalized spacial score (nSPS) is 17.3. The van der Waals surface area contributed by atoms with Crippen LogP contribution in [0.1, 0.15) is 47.1 Å². The monoisotopic (exact) mass is 451 g/mol. The van der Waals surface area contributed by atoms with E-state index in [1.807, 2.05) is 18.2 Å². The van der Waals surface area contributed by atoms with Crippen molar-refractivity contribution in [1.82, 2.24) is 14.9 Å². The fourth-order valence-corrected chi connectivity index (χ4v) is 4.38. The summed E-state index contributed by atoms with van der Waals surface area (Å²) in [6, 6.07) is 7.97. The molecule has 0 unspecified atom stereocenters. The third kappa shape index (κ3) is 4.94. The van der Waals surface area contributed by atoms with Gasteiger partial charge in [0.25, 0.3) is 5.91 Å². The maximum atomic E-state index is 12.8. The Morgan fingerprint density at radius 2 is 1.85 bits per heavy atom. The Bertz CT molecular complexity index is 1080. The molecule has 9 heteroatoms. The van der Waals surface area contributed by atoms with E-state index in [1.54, 1.807) is 6.92 Å². The number of benzene rings is 1. The van der Waals surface area contributed by atoms with Gasteiger partial charge in [-0.15, -0.1) is 0 Å². The molecule has 9 nitrogen and oxygen atoms in total. The highest BCUT2D eigenvalue weighted by Crippen LogP contribution is 2.30. The molecule has 0 bridgehead atoms. The van der Waals surface area contributed by atoms with Crippen LogP contribution >= 0.6 is 0 Å². The summed E-state index contributed by atoms with van der Waals surface area (Å²) in [5, 5.41) is 0. The number of nitrogen functional groups attached to an aromatic ring is 1. The summed E-state index contributed by atoms with van der Waals surface area (Å²) in [7, 11) is 1.51. The Morgan fingerprint density at radius 3 is 2.55 bits per heavy atom. The van der Waals surface area contributed by atoms with Gasteiger partial charge < -0.3 is 10.5 Å². The first-order valence-electron chi connectivity index (χ1n) is 11.2.